The highest BCUT2D eigenvalue weighted by Crippen LogP contribution is 2.41. The largest absolute Gasteiger partial charge is 0.392 e. The van der Waals surface area contributed by atoms with Gasteiger partial charge in [0, 0.05) is 45.8 Å². The van der Waals surface area contributed by atoms with Gasteiger partial charge in [0.05, 0.1) is 6.10 Å². The lowest BCUT2D eigenvalue weighted by Gasteiger charge is -2.37. The van der Waals surface area contributed by atoms with E-state index in [9.17, 15) is 5.11 Å². The maximum atomic E-state index is 10.4. The zero-order valence-corrected chi connectivity index (χ0v) is 13.8. The Balaban J connectivity index is 1.70. The minimum atomic E-state index is -0.116. The van der Waals surface area contributed by atoms with E-state index in [0.717, 1.165) is 26.2 Å². The van der Waals surface area contributed by atoms with E-state index in [1.807, 2.05) is 0 Å². The summed E-state index contributed by atoms with van der Waals surface area (Å²) in [5.41, 5.74) is 0.123. The van der Waals surface area contributed by atoms with E-state index in [1.54, 1.807) is 0 Å². The molecule has 2 fully saturated rings. The molecule has 2 atom stereocenters. The fourth-order valence-electron chi connectivity index (χ4n) is 3.56. The second kappa shape index (κ2) is 6.73. The van der Waals surface area contributed by atoms with Crippen molar-refractivity contribution in [2.24, 2.45) is 11.3 Å². The molecule has 2 unspecified atom stereocenters. The molecular weight excluding hydrogens is 250 g/mol. The molecule has 0 aromatic carbocycles. The first-order valence-corrected chi connectivity index (χ1v) is 8.16. The summed E-state index contributed by atoms with van der Waals surface area (Å²) < 4.78 is 0. The van der Waals surface area contributed by atoms with Crippen LogP contribution in [0.1, 0.15) is 26.7 Å². The van der Waals surface area contributed by atoms with Crippen LogP contribution in [-0.4, -0.2) is 85.8 Å². The summed E-state index contributed by atoms with van der Waals surface area (Å²) in [6.45, 7) is 12.5. The molecule has 1 N–H and O–H groups in total. The lowest BCUT2D eigenvalue weighted by Crippen LogP contribution is -2.50. The van der Waals surface area contributed by atoms with E-state index in [2.05, 4.69) is 42.6 Å². The number of aliphatic hydroxyl groups excluding tert-OH is 1. The summed E-state index contributed by atoms with van der Waals surface area (Å²) in [4.78, 5) is 7.37. The maximum Gasteiger partial charge on any atom is 0.0631 e. The van der Waals surface area contributed by atoms with Crippen LogP contribution in [0.15, 0.2) is 0 Å². The topological polar surface area (TPSA) is 30.0 Å². The average Bonchev–Trinajstić information content (AvgIpc) is 2.65. The molecule has 1 saturated carbocycles. The van der Waals surface area contributed by atoms with Gasteiger partial charge in [-0.3, -0.25) is 4.90 Å². The molecule has 1 heterocycles. The van der Waals surface area contributed by atoms with Crippen LogP contribution >= 0.6 is 0 Å². The number of likely N-dealkylation sites (N-methyl/N-ethyl adjacent to an activating group) is 1. The number of piperazine rings is 1. The summed E-state index contributed by atoms with van der Waals surface area (Å²) in [6, 6.07) is 0. The fraction of sp³-hybridized carbons (Fsp3) is 1.00. The molecule has 1 saturated heterocycles. The first-order valence-electron chi connectivity index (χ1n) is 8.16. The molecule has 0 bridgehead atoms. The lowest BCUT2D eigenvalue weighted by atomic mass is 9.87. The van der Waals surface area contributed by atoms with Gasteiger partial charge in [-0.05, 0) is 38.3 Å². The fourth-order valence-corrected chi connectivity index (χ4v) is 3.56. The second-order valence-electron chi connectivity index (χ2n) is 7.68. The SMILES string of the molecule is CN(C)CCN1CCN(CC2CCC(C)(C)C2O)CC1. The number of hydrogen-bond donors (Lipinski definition) is 1. The molecule has 0 radical (unpaired) electrons. The molecular formula is C16H33N3O. The molecule has 2 rings (SSSR count). The minimum absolute atomic E-state index is 0.116. The molecule has 1 aliphatic carbocycles. The second-order valence-corrected chi connectivity index (χ2v) is 7.68. The Kier molecular flexibility index (Phi) is 5.46. The van der Waals surface area contributed by atoms with Crippen molar-refractivity contribution in [3.8, 4) is 0 Å². The zero-order chi connectivity index (χ0) is 14.8. The van der Waals surface area contributed by atoms with Crippen molar-refractivity contribution >= 4 is 0 Å². The third-order valence-electron chi connectivity index (χ3n) is 5.23. The molecule has 0 aromatic rings. The van der Waals surface area contributed by atoms with Crippen LogP contribution in [0.3, 0.4) is 0 Å². The van der Waals surface area contributed by atoms with Crippen LogP contribution in [0.2, 0.25) is 0 Å². The van der Waals surface area contributed by atoms with Gasteiger partial charge in [-0.25, -0.2) is 0 Å². The van der Waals surface area contributed by atoms with E-state index in [1.165, 1.54) is 32.5 Å². The van der Waals surface area contributed by atoms with Gasteiger partial charge in [0.2, 0.25) is 0 Å². The van der Waals surface area contributed by atoms with Crippen LogP contribution in [-0.2, 0) is 0 Å². The van der Waals surface area contributed by atoms with Crippen molar-refractivity contribution in [3.05, 3.63) is 0 Å². The quantitative estimate of drug-likeness (QED) is 0.814. The predicted molar refractivity (Wildman–Crippen MR) is 83.9 cm³/mol. The van der Waals surface area contributed by atoms with Gasteiger partial charge in [0.1, 0.15) is 0 Å². The highest BCUT2D eigenvalue weighted by Gasteiger charge is 2.41. The van der Waals surface area contributed by atoms with E-state index in [0.29, 0.717) is 5.92 Å². The number of rotatable bonds is 5. The summed E-state index contributed by atoms with van der Waals surface area (Å²) in [5, 5.41) is 10.4. The third kappa shape index (κ3) is 4.17. The molecule has 4 heteroatoms. The van der Waals surface area contributed by atoms with Crippen molar-refractivity contribution in [1.29, 1.82) is 0 Å². The van der Waals surface area contributed by atoms with Crippen LogP contribution < -0.4 is 0 Å². The first-order chi connectivity index (χ1) is 9.38. The van der Waals surface area contributed by atoms with Crippen LogP contribution in [0.25, 0.3) is 0 Å². The van der Waals surface area contributed by atoms with Crippen molar-refractivity contribution in [3.63, 3.8) is 0 Å². The zero-order valence-electron chi connectivity index (χ0n) is 13.8. The number of nitrogens with zero attached hydrogens (tertiary/aromatic N) is 3. The predicted octanol–water partition coefficient (Wildman–Crippen LogP) is 0.963. The van der Waals surface area contributed by atoms with Crippen molar-refractivity contribution in [1.82, 2.24) is 14.7 Å². The molecule has 0 amide bonds. The van der Waals surface area contributed by atoms with Crippen molar-refractivity contribution in [2.75, 3.05) is 59.9 Å². The number of hydrogen-bond acceptors (Lipinski definition) is 4. The third-order valence-corrected chi connectivity index (χ3v) is 5.23. The lowest BCUT2D eigenvalue weighted by molar-refractivity contribution is 0.0241. The number of aliphatic hydroxyl groups is 1. The summed E-state index contributed by atoms with van der Waals surface area (Å²) in [6.07, 6.45) is 2.24. The first kappa shape index (κ1) is 16.2. The van der Waals surface area contributed by atoms with Crippen LogP contribution in [0.4, 0.5) is 0 Å². The standard InChI is InChI=1S/C16H33N3O/c1-16(2)6-5-14(15(16)20)13-19-11-9-18(10-12-19)8-7-17(3)4/h14-15,20H,5-13H2,1-4H3. The van der Waals surface area contributed by atoms with Crippen molar-refractivity contribution in [2.45, 2.75) is 32.8 Å². The van der Waals surface area contributed by atoms with Gasteiger partial charge in [-0.15, -0.1) is 0 Å². The molecule has 4 nitrogen and oxygen atoms in total. The Morgan fingerprint density at radius 1 is 1.10 bits per heavy atom. The molecule has 1 aliphatic heterocycles. The van der Waals surface area contributed by atoms with E-state index >= 15 is 0 Å². The minimum Gasteiger partial charge on any atom is -0.392 e. The molecule has 118 valence electrons. The summed E-state index contributed by atoms with van der Waals surface area (Å²) in [7, 11) is 4.28. The van der Waals surface area contributed by atoms with E-state index in [-0.39, 0.29) is 11.5 Å². The smallest absolute Gasteiger partial charge is 0.0631 e. The van der Waals surface area contributed by atoms with Crippen LogP contribution in [0, 0.1) is 11.3 Å². The molecule has 0 spiro atoms. The highest BCUT2D eigenvalue weighted by atomic mass is 16.3. The van der Waals surface area contributed by atoms with Gasteiger partial charge in [-0.1, -0.05) is 13.8 Å². The summed E-state index contributed by atoms with van der Waals surface area (Å²) in [5.74, 6) is 0.485. The highest BCUT2D eigenvalue weighted by molar-refractivity contribution is 4.92. The maximum absolute atomic E-state index is 10.4. The van der Waals surface area contributed by atoms with Gasteiger partial charge < -0.3 is 14.9 Å². The molecule has 2 aliphatic rings. The van der Waals surface area contributed by atoms with E-state index < -0.39 is 0 Å². The van der Waals surface area contributed by atoms with Crippen LogP contribution in [0.5, 0.6) is 0 Å². The van der Waals surface area contributed by atoms with Gasteiger partial charge in [-0.2, -0.15) is 0 Å². The van der Waals surface area contributed by atoms with Crippen molar-refractivity contribution < 1.29 is 5.11 Å². The average molecular weight is 283 g/mol. The van der Waals surface area contributed by atoms with Gasteiger partial charge in [0.25, 0.3) is 0 Å². The Hall–Kier alpha value is -0.160. The molecule has 20 heavy (non-hydrogen) atoms. The van der Waals surface area contributed by atoms with Gasteiger partial charge in [0.15, 0.2) is 0 Å². The Morgan fingerprint density at radius 3 is 2.20 bits per heavy atom. The summed E-state index contributed by atoms with van der Waals surface area (Å²) >= 11 is 0. The Morgan fingerprint density at radius 2 is 1.70 bits per heavy atom. The monoisotopic (exact) mass is 283 g/mol. The van der Waals surface area contributed by atoms with E-state index in [4.69, 9.17) is 0 Å². The Labute approximate surface area is 124 Å². The normalized spacial score (nSPS) is 32.1. The van der Waals surface area contributed by atoms with Gasteiger partial charge >= 0.3 is 0 Å². The Bertz CT molecular complexity index is 298. The molecule has 0 aromatic heterocycles.